The van der Waals surface area contributed by atoms with E-state index in [9.17, 15) is 9.59 Å². The molecule has 148 valence electrons. The van der Waals surface area contributed by atoms with Crippen LogP contribution >= 0.6 is 0 Å². The number of fused-ring (bicyclic) bond motifs is 1. The number of hydrogen-bond donors (Lipinski definition) is 1. The monoisotopic (exact) mass is 390 g/mol. The fourth-order valence-corrected chi connectivity index (χ4v) is 2.71. The van der Waals surface area contributed by atoms with Crippen LogP contribution in [0.25, 0.3) is 10.8 Å². The van der Waals surface area contributed by atoms with E-state index in [2.05, 4.69) is 10.5 Å². The van der Waals surface area contributed by atoms with E-state index in [1.807, 2.05) is 49.4 Å². The van der Waals surface area contributed by atoms with Crippen molar-refractivity contribution in [2.24, 2.45) is 5.10 Å². The molecular weight excluding hydrogens is 368 g/mol. The summed E-state index contributed by atoms with van der Waals surface area (Å²) in [5.74, 6) is -0.293. The highest BCUT2D eigenvalue weighted by molar-refractivity contribution is 6.02. The van der Waals surface area contributed by atoms with Gasteiger partial charge in [0, 0.05) is 0 Å². The van der Waals surface area contributed by atoms with Gasteiger partial charge in [-0.05, 0) is 60.5 Å². The van der Waals surface area contributed by atoms with Crippen molar-refractivity contribution >= 4 is 28.4 Å². The van der Waals surface area contributed by atoms with Crippen LogP contribution in [0.3, 0.4) is 0 Å². The second kappa shape index (κ2) is 9.50. The predicted octanol–water partition coefficient (Wildman–Crippen LogP) is 3.94. The summed E-state index contributed by atoms with van der Waals surface area (Å²) >= 11 is 0. The Balaban J connectivity index is 1.54. The van der Waals surface area contributed by atoms with E-state index in [-0.39, 0.29) is 12.5 Å². The van der Waals surface area contributed by atoms with Crippen LogP contribution in [0.5, 0.6) is 5.75 Å². The van der Waals surface area contributed by atoms with Gasteiger partial charge in [0.2, 0.25) is 0 Å². The molecule has 0 bridgehead atoms. The van der Waals surface area contributed by atoms with Gasteiger partial charge in [-0.15, -0.1) is 0 Å². The van der Waals surface area contributed by atoms with Gasteiger partial charge in [-0.1, -0.05) is 36.4 Å². The second-order valence-electron chi connectivity index (χ2n) is 6.33. The molecule has 0 aliphatic carbocycles. The van der Waals surface area contributed by atoms with Gasteiger partial charge in [-0.3, -0.25) is 4.79 Å². The molecule has 0 spiro atoms. The lowest BCUT2D eigenvalue weighted by Crippen LogP contribution is -2.25. The number of nitrogens with zero attached hydrogens (tertiary/aromatic N) is 1. The van der Waals surface area contributed by atoms with Crippen molar-refractivity contribution in [3.8, 4) is 5.75 Å². The number of hydrogen-bond acceptors (Lipinski definition) is 5. The number of carbonyl (C=O) groups excluding carboxylic acids is 2. The molecule has 3 aromatic rings. The lowest BCUT2D eigenvalue weighted by Gasteiger charge is -2.07. The summed E-state index contributed by atoms with van der Waals surface area (Å²) < 4.78 is 10.3. The molecule has 1 N–H and O–H groups in total. The van der Waals surface area contributed by atoms with Gasteiger partial charge in [0.05, 0.1) is 17.9 Å². The van der Waals surface area contributed by atoms with Gasteiger partial charge in [0.1, 0.15) is 5.75 Å². The lowest BCUT2D eigenvalue weighted by molar-refractivity contribution is -0.123. The van der Waals surface area contributed by atoms with Crippen molar-refractivity contribution in [3.05, 3.63) is 77.9 Å². The maximum absolute atomic E-state index is 12.0. The van der Waals surface area contributed by atoms with Crippen molar-refractivity contribution in [1.82, 2.24) is 5.43 Å². The van der Waals surface area contributed by atoms with Crippen molar-refractivity contribution in [3.63, 3.8) is 0 Å². The number of benzene rings is 3. The summed E-state index contributed by atoms with van der Waals surface area (Å²) in [6.07, 6.45) is 0. The molecule has 3 rings (SSSR count). The molecule has 29 heavy (non-hydrogen) atoms. The first-order valence-electron chi connectivity index (χ1n) is 9.29. The van der Waals surface area contributed by atoms with Crippen LogP contribution in [0.4, 0.5) is 0 Å². The Hall–Kier alpha value is -3.67. The van der Waals surface area contributed by atoms with Gasteiger partial charge in [0.15, 0.2) is 6.61 Å². The Kier molecular flexibility index (Phi) is 6.58. The standard InChI is InChI=1S/C23H22N2O4/c1-3-28-23(27)18-10-12-21(13-11-18)29-15-22(26)25-24-16(2)19-9-8-17-6-4-5-7-20(17)14-19/h4-14H,3,15H2,1-2H3,(H,25,26)/b24-16+. The van der Waals surface area contributed by atoms with Crippen molar-refractivity contribution in [1.29, 1.82) is 0 Å². The second-order valence-corrected chi connectivity index (χ2v) is 6.33. The highest BCUT2D eigenvalue weighted by atomic mass is 16.5. The van der Waals surface area contributed by atoms with Crippen molar-refractivity contribution < 1.29 is 19.1 Å². The van der Waals surface area contributed by atoms with Crippen LogP contribution in [-0.4, -0.2) is 30.8 Å². The Morgan fingerprint density at radius 1 is 0.931 bits per heavy atom. The minimum absolute atomic E-state index is 0.187. The third-order valence-corrected chi connectivity index (χ3v) is 4.25. The summed E-state index contributed by atoms with van der Waals surface area (Å²) in [6, 6.07) is 20.5. The van der Waals surface area contributed by atoms with Gasteiger partial charge in [-0.25, -0.2) is 10.2 Å². The van der Waals surface area contributed by atoms with Crippen molar-refractivity contribution in [2.45, 2.75) is 13.8 Å². The molecule has 0 fully saturated rings. The van der Waals surface area contributed by atoms with Gasteiger partial charge >= 0.3 is 5.97 Å². The molecule has 0 saturated carbocycles. The first-order valence-corrected chi connectivity index (χ1v) is 9.29. The smallest absolute Gasteiger partial charge is 0.338 e. The lowest BCUT2D eigenvalue weighted by atomic mass is 10.0. The first kappa shape index (κ1) is 20.1. The van der Waals surface area contributed by atoms with Crippen LogP contribution in [0.2, 0.25) is 0 Å². The zero-order chi connectivity index (χ0) is 20.6. The Bertz CT molecular complexity index is 1040. The highest BCUT2D eigenvalue weighted by Crippen LogP contribution is 2.16. The maximum atomic E-state index is 12.0. The average molecular weight is 390 g/mol. The zero-order valence-electron chi connectivity index (χ0n) is 16.3. The van der Waals surface area contributed by atoms with E-state index in [1.165, 1.54) is 0 Å². The molecule has 0 saturated heterocycles. The SMILES string of the molecule is CCOC(=O)c1ccc(OCC(=O)N/N=C(\C)c2ccc3ccccc3c2)cc1. The van der Waals surface area contributed by atoms with Crippen LogP contribution in [0, 0.1) is 0 Å². The summed E-state index contributed by atoms with van der Waals surface area (Å²) in [6.45, 7) is 3.71. The minimum Gasteiger partial charge on any atom is -0.484 e. The van der Waals surface area contributed by atoms with E-state index >= 15 is 0 Å². The number of esters is 1. The largest absolute Gasteiger partial charge is 0.484 e. The number of ether oxygens (including phenoxy) is 2. The number of nitrogens with one attached hydrogen (secondary N) is 1. The van der Waals surface area contributed by atoms with Crippen LogP contribution in [0.15, 0.2) is 71.8 Å². The molecule has 3 aromatic carbocycles. The quantitative estimate of drug-likeness (QED) is 0.377. The number of rotatable bonds is 7. The summed E-state index contributed by atoms with van der Waals surface area (Å²) in [5.41, 5.74) is 4.55. The van der Waals surface area contributed by atoms with Crippen LogP contribution in [-0.2, 0) is 9.53 Å². The molecule has 0 radical (unpaired) electrons. The third-order valence-electron chi connectivity index (χ3n) is 4.25. The van der Waals surface area contributed by atoms with Crippen molar-refractivity contribution in [2.75, 3.05) is 13.2 Å². The number of amides is 1. The Morgan fingerprint density at radius 3 is 2.34 bits per heavy atom. The molecule has 0 aliphatic rings. The van der Waals surface area contributed by atoms with E-state index in [0.717, 1.165) is 16.3 Å². The predicted molar refractivity (Wildman–Crippen MR) is 112 cm³/mol. The maximum Gasteiger partial charge on any atom is 0.338 e. The van der Waals surface area contributed by atoms with Crippen LogP contribution < -0.4 is 10.2 Å². The fourth-order valence-electron chi connectivity index (χ4n) is 2.71. The molecule has 0 aromatic heterocycles. The Morgan fingerprint density at radius 2 is 1.62 bits per heavy atom. The van der Waals surface area contributed by atoms with E-state index in [1.54, 1.807) is 31.2 Å². The number of hydrazone groups is 1. The molecule has 0 unspecified atom stereocenters. The average Bonchev–Trinajstić information content (AvgIpc) is 2.76. The molecule has 0 aliphatic heterocycles. The molecule has 0 atom stereocenters. The summed E-state index contributed by atoms with van der Waals surface area (Å²) in [5, 5.41) is 6.41. The topological polar surface area (TPSA) is 77.0 Å². The fraction of sp³-hybridized carbons (Fsp3) is 0.174. The first-order chi connectivity index (χ1) is 14.1. The third kappa shape index (κ3) is 5.42. The number of carbonyl (C=O) groups is 2. The molecule has 6 nitrogen and oxygen atoms in total. The minimum atomic E-state index is -0.393. The summed E-state index contributed by atoms with van der Waals surface area (Å²) in [4.78, 5) is 23.6. The Labute approximate surface area is 169 Å². The van der Waals surface area contributed by atoms with E-state index < -0.39 is 5.97 Å². The van der Waals surface area contributed by atoms with E-state index in [0.29, 0.717) is 23.6 Å². The van der Waals surface area contributed by atoms with E-state index in [4.69, 9.17) is 9.47 Å². The molecular formula is C23H22N2O4. The normalized spacial score (nSPS) is 11.2. The zero-order valence-corrected chi connectivity index (χ0v) is 16.3. The highest BCUT2D eigenvalue weighted by Gasteiger charge is 2.07. The van der Waals surface area contributed by atoms with Gasteiger partial charge < -0.3 is 9.47 Å². The molecule has 1 amide bonds. The van der Waals surface area contributed by atoms with Gasteiger partial charge in [0.25, 0.3) is 5.91 Å². The van der Waals surface area contributed by atoms with Crippen LogP contribution in [0.1, 0.15) is 29.8 Å². The molecule has 6 heteroatoms. The van der Waals surface area contributed by atoms with Gasteiger partial charge in [-0.2, -0.15) is 5.10 Å². The molecule has 0 heterocycles. The summed E-state index contributed by atoms with van der Waals surface area (Å²) in [7, 11) is 0.